The van der Waals surface area contributed by atoms with Crippen LogP contribution >= 0.6 is 0 Å². The Bertz CT molecular complexity index is 741. The van der Waals surface area contributed by atoms with Crippen LogP contribution in [0.4, 0.5) is 5.69 Å². The molecule has 4 nitrogen and oxygen atoms in total. The lowest BCUT2D eigenvalue weighted by atomic mass is 9.96. The molecule has 2 aromatic rings. The SMILES string of the molecule is CC1CN(C(=N)N)c2ccc3c(S(C)=O)cccc3c21. The summed E-state index contributed by atoms with van der Waals surface area (Å²) in [5.74, 6) is 0.378. The predicted molar refractivity (Wildman–Crippen MR) is 84.0 cm³/mol. The summed E-state index contributed by atoms with van der Waals surface area (Å²) in [6.07, 6.45) is 1.70. The highest BCUT2D eigenvalue weighted by molar-refractivity contribution is 7.84. The van der Waals surface area contributed by atoms with Crippen LogP contribution in [0, 0.1) is 5.41 Å². The van der Waals surface area contributed by atoms with Gasteiger partial charge in [-0.25, -0.2) is 0 Å². The van der Waals surface area contributed by atoms with Gasteiger partial charge in [0.1, 0.15) is 0 Å². The van der Waals surface area contributed by atoms with Crippen LogP contribution in [0.3, 0.4) is 0 Å². The van der Waals surface area contributed by atoms with Gasteiger partial charge in [-0.1, -0.05) is 25.1 Å². The maximum atomic E-state index is 11.9. The lowest BCUT2D eigenvalue weighted by molar-refractivity contribution is 0.687. The van der Waals surface area contributed by atoms with Crippen molar-refractivity contribution in [2.45, 2.75) is 17.7 Å². The van der Waals surface area contributed by atoms with E-state index in [1.54, 1.807) is 6.26 Å². The van der Waals surface area contributed by atoms with Gasteiger partial charge >= 0.3 is 0 Å². The molecule has 0 saturated heterocycles. The number of hydrogen-bond donors (Lipinski definition) is 2. The maximum Gasteiger partial charge on any atom is 0.192 e. The number of hydrogen-bond acceptors (Lipinski definition) is 2. The monoisotopic (exact) mass is 287 g/mol. The van der Waals surface area contributed by atoms with E-state index in [1.807, 2.05) is 29.2 Å². The third-order valence-electron chi connectivity index (χ3n) is 3.88. The van der Waals surface area contributed by atoms with Crippen molar-refractivity contribution in [2.24, 2.45) is 5.73 Å². The fourth-order valence-corrected chi connectivity index (χ4v) is 3.79. The van der Waals surface area contributed by atoms with Crippen LogP contribution in [-0.2, 0) is 10.8 Å². The number of benzene rings is 2. The summed E-state index contributed by atoms with van der Waals surface area (Å²) >= 11 is 0. The van der Waals surface area contributed by atoms with Crippen LogP contribution in [0.2, 0.25) is 0 Å². The molecule has 0 aliphatic carbocycles. The molecule has 1 aliphatic rings. The Balaban J connectivity index is 2.33. The van der Waals surface area contributed by atoms with Crippen molar-refractivity contribution in [3.63, 3.8) is 0 Å². The van der Waals surface area contributed by atoms with Crippen LogP contribution in [0.5, 0.6) is 0 Å². The van der Waals surface area contributed by atoms with Crippen molar-refractivity contribution < 1.29 is 4.21 Å². The maximum absolute atomic E-state index is 11.9. The summed E-state index contributed by atoms with van der Waals surface area (Å²) in [4.78, 5) is 2.69. The minimum Gasteiger partial charge on any atom is -0.370 e. The summed E-state index contributed by atoms with van der Waals surface area (Å²) in [7, 11) is -1.01. The highest BCUT2D eigenvalue weighted by Crippen LogP contribution is 2.41. The Morgan fingerprint density at radius 1 is 1.35 bits per heavy atom. The smallest absolute Gasteiger partial charge is 0.192 e. The zero-order valence-corrected chi connectivity index (χ0v) is 12.3. The van der Waals surface area contributed by atoms with Gasteiger partial charge in [0.25, 0.3) is 0 Å². The van der Waals surface area contributed by atoms with Crippen molar-refractivity contribution in [3.05, 3.63) is 35.9 Å². The predicted octanol–water partition coefficient (Wildman–Crippen LogP) is 2.39. The zero-order valence-electron chi connectivity index (χ0n) is 11.5. The van der Waals surface area contributed by atoms with E-state index in [0.29, 0.717) is 5.92 Å². The Kier molecular flexibility index (Phi) is 3.01. The summed E-state index contributed by atoms with van der Waals surface area (Å²) < 4.78 is 11.9. The van der Waals surface area contributed by atoms with Gasteiger partial charge in [0.05, 0.1) is 10.8 Å². The molecule has 3 N–H and O–H groups in total. The number of fused-ring (bicyclic) bond motifs is 3. The molecule has 2 unspecified atom stereocenters. The normalized spacial score (nSPS) is 19.1. The van der Waals surface area contributed by atoms with Gasteiger partial charge in [0, 0.05) is 29.3 Å². The van der Waals surface area contributed by atoms with Gasteiger partial charge in [-0.15, -0.1) is 0 Å². The van der Waals surface area contributed by atoms with Gasteiger partial charge in [0.15, 0.2) is 5.96 Å². The largest absolute Gasteiger partial charge is 0.370 e. The second-order valence-electron chi connectivity index (χ2n) is 5.20. The van der Waals surface area contributed by atoms with Crippen molar-refractivity contribution in [1.82, 2.24) is 0 Å². The van der Waals surface area contributed by atoms with Gasteiger partial charge in [-0.05, 0) is 28.5 Å². The fraction of sp³-hybridized carbons (Fsp3) is 0.267. The molecule has 20 heavy (non-hydrogen) atoms. The third kappa shape index (κ3) is 1.81. The second-order valence-corrected chi connectivity index (χ2v) is 6.55. The van der Waals surface area contributed by atoms with Crippen molar-refractivity contribution in [3.8, 4) is 0 Å². The number of nitrogens with two attached hydrogens (primary N) is 1. The molecular formula is C15H17N3OS. The molecule has 2 atom stereocenters. The van der Waals surface area contributed by atoms with Crippen LogP contribution in [0.15, 0.2) is 35.2 Å². The van der Waals surface area contributed by atoms with E-state index >= 15 is 0 Å². The molecule has 2 aromatic carbocycles. The molecule has 1 aliphatic heterocycles. The molecule has 0 spiro atoms. The summed E-state index contributed by atoms with van der Waals surface area (Å²) in [6, 6.07) is 9.89. The van der Waals surface area contributed by atoms with E-state index in [-0.39, 0.29) is 5.96 Å². The number of anilines is 1. The van der Waals surface area contributed by atoms with Crippen LogP contribution < -0.4 is 10.6 Å². The molecular weight excluding hydrogens is 270 g/mol. The average molecular weight is 287 g/mol. The van der Waals surface area contributed by atoms with E-state index in [0.717, 1.165) is 27.9 Å². The number of guanidine groups is 1. The minimum atomic E-state index is -1.01. The summed E-state index contributed by atoms with van der Waals surface area (Å²) in [5.41, 5.74) is 7.85. The van der Waals surface area contributed by atoms with E-state index in [9.17, 15) is 4.21 Å². The van der Waals surface area contributed by atoms with Crippen molar-refractivity contribution in [2.75, 3.05) is 17.7 Å². The molecule has 104 valence electrons. The molecule has 1 heterocycles. The minimum absolute atomic E-state index is 0.0742. The molecule has 0 amide bonds. The Morgan fingerprint density at radius 2 is 2.10 bits per heavy atom. The van der Waals surface area contributed by atoms with Gasteiger partial charge in [0.2, 0.25) is 0 Å². The standard InChI is InChI=1S/C15H17N3OS/c1-9-8-18(15(16)17)12-7-6-10-11(14(9)12)4-3-5-13(10)20(2)19/h3-7,9H,8H2,1-2H3,(H3,16,17). The topological polar surface area (TPSA) is 70.2 Å². The molecule has 0 saturated carbocycles. The van der Waals surface area contributed by atoms with E-state index < -0.39 is 10.8 Å². The van der Waals surface area contributed by atoms with Crippen LogP contribution in [0.25, 0.3) is 10.8 Å². The number of nitrogens with zero attached hydrogens (tertiary/aromatic N) is 1. The highest BCUT2D eigenvalue weighted by atomic mass is 32.2. The molecule has 5 heteroatoms. The first-order chi connectivity index (χ1) is 9.50. The molecule has 0 bridgehead atoms. The van der Waals surface area contributed by atoms with Crippen LogP contribution in [-0.4, -0.2) is 23.0 Å². The molecule has 3 rings (SSSR count). The summed E-state index contributed by atoms with van der Waals surface area (Å²) in [5, 5.41) is 9.83. The van der Waals surface area contributed by atoms with E-state index in [4.69, 9.17) is 11.1 Å². The van der Waals surface area contributed by atoms with Crippen LogP contribution in [0.1, 0.15) is 18.4 Å². The Morgan fingerprint density at radius 3 is 2.75 bits per heavy atom. The van der Waals surface area contributed by atoms with Gasteiger partial charge in [-0.2, -0.15) is 0 Å². The third-order valence-corrected chi connectivity index (χ3v) is 4.86. The Labute approximate surface area is 120 Å². The molecule has 0 fully saturated rings. The van der Waals surface area contributed by atoms with Crippen molar-refractivity contribution in [1.29, 1.82) is 5.41 Å². The first-order valence-corrected chi connectivity index (χ1v) is 8.07. The first kappa shape index (κ1) is 13.1. The van der Waals surface area contributed by atoms with Gasteiger partial charge < -0.3 is 10.6 Å². The first-order valence-electron chi connectivity index (χ1n) is 6.51. The van der Waals surface area contributed by atoms with Gasteiger partial charge in [-0.3, -0.25) is 9.62 Å². The quantitative estimate of drug-likeness (QED) is 0.625. The number of nitrogens with one attached hydrogen (secondary N) is 1. The molecule has 0 aromatic heterocycles. The van der Waals surface area contributed by atoms with E-state index in [1.165, 1.54) is 5.56 Å². The second kappa shape index (κ2) is 4.59. The zero-order chi connectivity index (χ0) is 14.4. The lowest BCUT2D eigenvalue weighted by Gasteiger charge is -2.17. The van der Waals surface area contributed by atoms with Crippen molar-refractivity contribution >= 4 is 33.2 Å². The Hall–Kier alpha value is -1.88. The number of rotatable bonds is 1. The molecule has 0 radical (unpaired) electrons. The lowest BCUT2D eigenvalue weighted by Crippen LogP contribution is -2.35. The van der Waals surface area contributed by atoms with E-state index in [2.05, 4.69) is 13.0 Å². The summed E-state index contributed by atoms with van der Waals surface area (Å²) in [6.45, 7) is 2.86. The fourth-order valence-electron chi connectivity index (χ4n) is 3.04. The highest BCUT2D eigenvalue weighted by Gasteiger charge is 2.29. The average Bonchev–Trinajstić information content (AvgIpc) is 2.76.